The number of hydrogen-bond acceptors (Lipinski definition) is 2. The van der Waals surface area contributed by atoms with Gasteiger partial charge in [-0.15, -0.1) is 0 Å². The van der Waals surface area contributed by atoms with Gasteiger partial charge in [-0.25, -0.2) is 0 Å². The Morgan fingerprint density at radius 2 is 1.86 bits per heavy atom. The van der Waals surface area contributed by atoms with E-state index < -0.39 is 18.3 Å². The minimum absolute atomic E-state index is 0.264. The molecule has 22 heavy (non-hydrogen) atoms. The molecule has 1 N–H and O–H groups in total. The van der Waals surface area contributed by atoms with Crippen LogP contribution in [0.25, 0.3) is 5.57 Å². The molecule has 1 heterocycles. The normalized spacial score (nSPS) is 18.4. The largest absolute Gasteiger partial charge is 0.497 e. The molecule has 114 valence electrons. The van der Waals surface area contributed by atoms with E-state index in [4.69, 9.17) is 6.11 Å². The zero-order valence-corrected chi connectivity index (χ0v) is 11.7. The first-order valence-electron chi connectivity index (χ1n) is 7.19. The highest BCUT2D eigenvalue weighted by Gasteiger charge is 2.40. The predicted octanol–water partition coefficient (Wildman–Crippen LogP) is 4.48. The lowest BCUT2D eigenvalue weighted by Crippen LogP contribution is -2.36. The highest BCUT2D eigenvalue weighted by atomic mass is 19.4. The molecule has 0 saturated carbocycles. The van der Waals surface area contributed by atoms with Crippen LogP contribution in [0.15, 0.2) is 54.6 Å². The van der Waals surface area contributed by atoms with Gasteiger partial charge in [0.1, 0.15) is 11.8 Å². The van der Waals surface area contributed by atoms with Gasteiger partial charge < -0.3 is 10.1 Å². The Morgan fingerprint density at radius 1 is 1.14 bits per heavy atom. The van der Waals surface area contributed by atoms with Crippen molar-refractivity contribution in [1.82, 2.24) is 0 Å². The van der Waals surface area contributed by atoms with Crippen molar-refractivity contribution < 1.29 is 19.3 Å². The van der Waals surface area contributed by atoms with E-state index >= 15 is 0 Å². The lowest BCUT2D eigenvalue weighted by molar-refractivity contribution is -0.132. The van der Waals surface area contributed by atoms with Gasteiger partial charge in [0.2, 0.25) is 0 Å². The second kappa shape index (κ2) is 5.40. The molecule has 5 heteroatoms. The van der Waals surface area contributed by atoms with Crippen molar-refractivity contribution in [1.29, 1.82) is 0 Å². The zero-order chi connectivity index (χ0) is 16.6. The first-order chi connectivity index (χ1) is 10.9. The Labute approximate surface area is 127 Å². The SMILES string of the molecule is [2H]C1=C(c2ccccc2)c2cc(OC)ccc2NC1C(F)(F)F. The molecular formula is C17H14F3NO. The summed E-state index contributed by atoms with van der Waals surface area (Å²) in [5.74, 6) is 0.525. The summed E-state index contributed by atoms with van der Waals surface area (Å²) in [5.41, 5.74) is 1.70. The number of anilines is 1. The summed E-state index contributed by atoms with van der Waals surface area (Å²) in [6.07, 6.45) is -4.55. The average molecular weight is 306 g/mol. The van der Waals surface area contributed by atoms with Crippen molar-refractivity contribution in [2.24, 2.45) is 0 Å². The number of alkyl halides is 3. The molecule has 0 amide bonds. The molecule has 3 rings (SSSR count). The molecule has 1 unspecified atom stereocenters. The number of rotatable bonds is 2. The standard InChI is InChI=1S/C17H14F3NO/c1-22-12-7-8-15-14(9-12)13(11-5-3-2-4-6-11)10-16(21-15)17(18,19)20/h2-10,16,21H,1H3/i10D. The van der Waals surface area contributed by atoms with E-state index in [1.165, 1.54) is 7.11 Å². The number of ether oxygens (including phenoxy) is 1. The molecule has 0 radical (unpaired) electrons. The van der Waals surface area contributed by atoms with Crippen LogP contribution in [-0.4, -0.2) is 19.3 Å². The van der Waals surface area contributed by atoms with Gasteiger partial charge in [0.25, 0.3) is 0 Å². The first-order valence-corrected chi connectivity index (χ1v) is 6.69. The van der Waals surface area contributed by atoms with Gasteiger partial charge in [-0.2, -0.15) is 13.2 Å². The quantitative estimate of drug-likeness (QED) is 0.883. The topological polar surface area (TPSA) is 21.3 Å². The minimum Gasteiger partial charge on any atom is -0.497 e. The summed E-state index contributed by atoms with van der Waals surface area (Å²) in [7, 11) is 1.49. The molecular weight excluding hydrogens is 291 g/mol. The summed E-state index contributed by atoms with van der Waals surface area (Å²) in [5, 5.41) is 2.41. The maximum atomic E-state index is 13.3. The Bertz CT molecular complexity index is 756. The zero-order valence-electron chi connectivity index (χ0n) is 12.7. The van der Waals surface area contributed by atoms with Gasteiger partial charge in [-0.05, 0) is 35.4 Å². The number of methoxy groups -OCH3 is 1. The van der Waals surface area contributed by atoms with E-state index in [2.05, 4.69) is 5.32 Å². The molecule has 0 saturated heterocycles. The number of halogens is 3. The van der Waals surface area contributed by atoms with E-state index in [-0.39, 0.29) is 5.57 Å². The van der Waals surface area contributed by atoms with Gasteiger partial charge in [0.05, 0.1) is 8.48 Å². The molecule has 0 aliphatic carbocycles. The maximum absolute atomic E-state index is 13.3. The fourth-order valence-corrected chi connectivity index (χ4v) is 2.40. The van der Waals surface area contributed by atoms with E-state index in [0.29, 0.717) is 22.6 Å². The van der Waals surface area contributed by atoms with Crippen molar-refractivity contribution in [3.63, 3.8) is 0 Å². The smallest absolute Gasteiger partial charge is 0.412 e. The number of hydrogen-bond donors (Lipinski definition) is 1. The lowest BCUT2D eigenvalue weighted by atomic mass is 9.91. The summed E-state index contributed by atoms with van der Waals surface area (Å²) in [4.78, 5) is 0. The number of fused-ring (bicyclic) bond motifs is 1. The van der Waals surface area contributed by atoms with Gasteiger partial charge in [-0.3, -0.25) is 0 Å². The molecule has 0 spiro atoms. The Balaban J connectivity index is 2.25. The Kier molecular flexibility index (Phi) is 3.25. The van der Waals surface area contributed by atoms with Gasteiger partial charge in [0, 0.05) is 11.3 Å². The van der Waals surface area contributed by atoms with Gasteiger partial charge in [0.15, 0.2) is 0 Å². The van der Waals surface area contributed by atoms with Crippen LogP contribution < -0.4 is 10.1 Å². The maximum Gasteiger partial charge on any atom is 0.412 e. The van der Waals surface area contributed by atoms with E-state index in [0.717, 1.165) is 0 Å². The van der Waals surface area contributed by atoms with E-state index in [1.807, 2.05) is 0 Å². The van der Waals surface area contributed by atoms with Crippen molar-refractivity contribution in [2.75, 3.05) is 12.4 Å². The van der Waals surface area contributed by atoms with Crippen LogP contribution in [0.5, 0.6) is 5.75 Å². The van der Waals surface area contributed by atoms with Crippen LogP contribution in [0.4, 0.5) is 18.9 Å². The molecule has 1 atom stereocenters. The number of benzene rings is 2. The Morgan fingerprint density at radius 3 is 2.50 bits per heavy atom. The monoisotopic (exact) mass is 306 g/mol. The molecule has 2 aromatic carbocycles. The lowest BCUT2D eigenvalue weighted by Gasteiger charge is -2.28. The molecule has 1 aliphatic heterocycles. The van der Waals surface area contributed by atoms with Gasteiger partial charge in [-0.1, -0.05) is 30.3 Å². The molecule has 0 bridgehead atoms. The van der Waals surface area contributed by atoms with Crippen LogP contribution in [-0.2, 0) is 0 Å². The summed E-state index contributed by atoms with van der Waals surface area (Å²) in [6, 6.07) is 10.9. The van der Waals surface area contributed by atoms with Crippen LogP contribution in [0.2, 0.25) is 0 Å². The van der Waals surface area contributed by atoms with E-state index in [9.17, 15) is 13.2 Å². The Hall–Kier alpha value is -2.43. The fraction of sp³-hybridized carbons (Fsp3) is 0.176. The molecule has 0 fully saturated rings. The van der Waals surface area contributed by atoms with Crippen LogP contribution in [0.1, 0.15) is 12.5 Å². The highest BCUT2D eigenvalue weighted by Crippen LogP contribution is 2.39. The van der Waals surface area contributed by atoms with Gasteiger partial charge >= 0.3 is 6.18 Å². The van der Waals surface area contributed by atoms with Crippen LogP contribution in [0.3, 0.4) is 0 Å². The third-order valence-electron chi connectivity index (χ3n) is 3.47. The first kappa shape index (κ1) is 13.2. The molecule has 1 aliphatic rings. The number of nitrogens with one attached hydrogen (secondary N) is 1. The van der Waals surface area contributed by atoms with Crippen molar-refractivity contribution >= 4 is 11.3 Å². The van der Waals surface area contributed by atoms with E-state index in [1.54, 1.807) is 48.5 Å². The average Bonchev–Trinajstić information content (AvgIpc) is 2.53. The summed E-state index contributed by atoms with van der Waals surface area (Å²) in [6.45, 7) is 0. The molecule has 2 aromatic rings. The fourth-order valence-electron chi connectivity index (χ4n) is 2.40. The van der Waals surface area contributed by atoms with Crippen molar-refractivity contribution in [3.05, 3.63) is 65.7 Å². The van der Waals surface area contributed by atoms with Crippen LogP contribution in [0, 0.1) is 0 Å². The second-order valence-electron chi connectivity index (χ2n) is 4.92. The summed E-state index contributed by atoms with van der Waals surface area (Å²) >= 11 is 0. The van der Waals surface area contributed by atoms with Crippen molar-refractivity contribution in [3.8, 4) is 5.75 Å². The highest BCUT2D eigenvalue weighted by molar-refractivity contribution is 5.89. The molecule has 0 aromatic heterocycles. The third kappa shape index (κ3) is 2.66. The molecule has 2 nitrogen and oxygen atoms in total. The third-order valence-corrected chi connectivity index (χ3v) is 3.47. The predicted molar refractivity (Wildman–Crippen MR) is 80.0 cm³/mol. The second-order valence-corrected chi connectivity index (χ2v) is 4.92. The minimum atomic E-state index is -4.55. The van der Waals surface area contributed by atoms with Crippen LogP contribution >= 0.6 is 0 Å². The summed E-state index contributed by atoms with van der Waals surface area (Å²) < 4.78 is 53.1. The van der Waals surface area contributed by atoms with Crippen molar-refractivity contribution in [2.45, 2.75) is 12.2 Å².